The number of aromatic nitrogens is 1. The fourth-order valence-corrected chi connectivity index (χ4v) is 4.85. The van der Waals surface area contributed by atoms with Gasteiger partial charge in [-0.05, 0) is 85.4 Å². The van der Waals surface area contributed by atoms with Crippen molar-refractivity contribution < 1.29 is 4.79 Å². The molecule has 1 amide bonds. The van der Waals surface area contributed by atoms with E-state index in [0.29, 0.717) is 5.82 Å². The van der Waals surface area contributed by atoms with Crippen molar-refractivity contribution in [2.45, 2.75) is 58.3 Å². The summed E-state index contributed by atoms with van der Waals surface area (Å²) >= 11 is 0. The Balaban J connectivity index is 1.30. The first-order valence-electron chi connectivity index (χ1n) is 11.6. The van der Waals surface area contributed by atoms with E-state index < -0.39 is 0 Å². The van der Waals surface area contributed by atoms with Crippen LogP contribution in [0.15, 0.2) is 60.7 Å². The summed E-state index contributed by atoms with van der Waals surface area (Å²) in [5.74, 6) is 0.751. The number of aryl methyl sites for hydroxylation is 3. The average Bonchev–Trinajstić information content (AvgIpc) is 3.42. The number of nitrogens with zero attached hydrogens (tertiary/aromatic N) is 1. The first-order chi connectivity index (χ1) is 15.1. The van der Waals surface area contributed by atoms with Crippen LogP contribution >= 0.6 is 0 Å². The van der Waals surface area contributed by atoms with Crippen molar-refractivity contribution in [1.82, 2.24) is 4.98 Å². The lowest BCUT2D eigenvalue weighted by atomic mass is 9.93. The number of carbonyl (C=O) groups is 1. The highest BCUT2D eigenvalue weighted by Gasteiger charge is 2.49. The molecule has 2 aliphatic rings. The summed E-state index contributed by atoms with van der Waals surface area (Å²) in [4.78, 5) is 17.9. The molecule has 2 aliphatic carbocycles. The minimum absolute atomic E-state index is 0.109. The van der Waals surface area contributed by atoms with Gasteiger partial charge in [0.25, 0.3) is 0 Å². The number of amides is 1. The van der Waals surface area contributed by atoms with Crippen LogP contribution in [-0.2, 0) is 30.5 Å². The predicted molar refractivity (Wildman–Crippen MR) is 126 cm³/mol. The Hall–Kier alpha value is -2.94. The Morgan fingerprint density at radius 1 is 0.968 bits per heavy atom. The second-order valence-electron chi connectivity index (χ2n) is 9.23. The molecule has 0 bridgehead atoms. The van der Waals surface area contributed by atoms with E-state index in [1.807, 2.05) is 18.2 Å². The quantitative estimate of drug-likeness (QED) is 0.507. The Bertz CT molecular complexity index is 1110. The zero-order valence-electron chi connectivity index (χ0n) is 18.3. The summed E-state index contributed by atoms with van der Waals surface area (Å²) in [7, 11) is 0. The Labute approximate surface area is 184 Å². The molecular weight excluding hydrogens is 380 g/mol. The lowest BCUT2D eigenvalue weighted by Gasteiger charge is -2.16. The van der Waals surface area contributed by atoms with E-state index in [-0.39, 0.29) is 11.3 Å². The van der Waals surface area contributed by atoms with Gasteiger partial charge in [-0.2, -0.15) is 0 Å². The summed E-state index contributed by atoms with van der Waals surface area (Å²) in [5, 5.41) is 3.12. The third-order valence-corrected chi connectivity index (χ3v) is 6.79. The fourth-order valence-electron chi connectivity index (χ4n) is 4.85. The molecule has 0 saturated heterocycles. The number of hydrogen-bond donors (Lipinski definition) is 1. The predicted octanol–water partition coefficient (Wildman–Crippen LogP) is 6.15. The van der Waals surface area contributed by atoms with Crippen LogP contribution in [0.2, 0.25) is 0 Å². The van der Waals surface area contributed by atoms with Crippen LogP contribution in [0.5, 0.6) is 0 Å². The van der Waals surface area contributed by atoms with Gasteiger partial charge in [-0.25, -0.2) is 4.98 Å². The molecule has 3 aromatic rings. The van der Waals surface area contributed by atoms with Gasteiger partial charge in [0.1, 0.15) is 5.82 Å². The number of anilines is 1. The third-order valence-electron chi connectivity index (χ3n) is 6.79. The summed E-state index contributed by atoms with van der Waals surface area (Å²) < 4.78 is 0. The van der Waals surface area contributed by atoms with Crippen LogP contribution < -0.4 is 5.32 Å². The van der Waals surface area contributed by atoms with Crippen molar-refractivity contribution in [3.8, 4) is 11.3 Å². The Morgan fingerprint density at radius 3 is 2.65 bits per heavy atom. The number of nitrogens with one attached hydrogen (secondary N) is 1. The molecule has 1 aromatic heterocycles. The summed E-state index contributed by atoms with van der Waals surface area (Å²) in [5.41, 5.74) is 7.31. The molecule has 3 nitrogen and oxygen atoms in total. The van der Waals surface area contributed by atoms with Gasteiger partial charge in [-0.1, -0.05) is 55.8 Å². The molecule has 1 heterocycles. The number of benzene rings is 2. The molecule has 0 aliphatic heterocycles. The highest BCUT2D eigenvalue weighted by atomic mass is 16.2. The minimum Gasteiger partial charge on any atom is -0.310 e. The smallest absolute Gasteiger partial charge is 0.232 e. The molecule has 2 aromatic carbocycles. The topological polar surface area (TPSA) is 42.0 Å². The van der Waals surface area contributed by atoms with Crippen molar-refractivity contribution in [2.24, 2.45) is 5.41 Å². The van der Waals surface area contributed by atoms with Crippen LogP contribution in [-0.4, -0.2) is 10.9 Å². The van der Waals surface area contributed by atoms with E-state index in [9.17, 15) is 4.79 Å². The van der Waals surface area contributed by atoms with Crippen LogP contribution in [0.25, 0.3) is 11.3 Å². The molecule has 158 valence electrons. The number of fused-ring (bicyclic) bond motifs is 1. The second-order valence-corrected chi connectivity index (χ2v) is 9.23. The van der Waals surface area contributed by atoms with Gasteiger partial charge in [-0.3, -0.25) is 4.79 Å². The van der Waals surface area contributed by atoms with Gasteiger partial charge in [0.05, 0.1) is 11.1 Å². The molecule has 1 saturated carbocycles. The van der Waals surface area contributed by atoms with E-state index in [1.165, 1.54) is 41.5 Å². The summed E-state index contributed by atoms with van der Waals surface area (Å²) in [6.07, 6.45) is 8.56. The second kappa shape index (κ2) is 8.30. The van der Waals surface area contributed by atoms with Gasteiger partial charge < -0.3 is 5.32 Å². The van der Waals surface area contributed by atoms with Gasteiger partial charge in [0, 0.05) is 5.56 Å². The van der Waals surface area contributed by atoms with Gasteiger partial charge in [0.2, 0.25) is 5.91 Å². The molecule has 31 heavy (non-hydrogen) atoms. The van der Waals surface area contributed by atoms with Crippen molar-refractivity contribution >= 4 is 11.7 Å². The van der Waals surface area contributed by atoms with Crippen molar-refractivity contribution in [2.75, 3.05) is 5.32 Å². The van der Waals surface area contributed by atoms with E-state index in [4.69, 9.17) is 4.98 Å². The van der Waals surface area contributed by atoms with Crippen LogP contribution in [0.4, 0.5) is 5.82 Å². The molecule has 3 heteroatoms. The fraction of sp³-hybridized carbons (Fsp3) is 0.357. The molecule has 0 unspecified atom stereocenters. The molecule has 1 fully saturated rings. The normalized spacial score (nSPS) is 16.0. The monoisotopic (exact) mass is 410 g/mol. The van der Waals surface area contributed by atoms with Crippen molar-refractivity contribution in [1.29, 1.82) is 0 Å². The first-order valence-corrected chi connectivity index (χ1v) is 11.6. The Kier molecular flexibility index (Phi) is 5.35. The molecule has 0 spiro atoms. The largest absolute Gasteiger partial charge is 0.310 e. The molecular formula is C28H30N2O. The number of rotatable bonds is 7. The third kappa shape index (κ3) is 4.27. The van der Waals surface area contributed by atoms with Gasteiger partial charge >= 0.3 is 0 Å². The number of carbonyl (C=O) groups excluding carboxylic acids is 1. The SMILES string of the molecule is CCCc1cccc(-c2cccc(NC(=O)C3(Cc4ccc5c(c4)CCC5)CC3)n2)c1. The van der Waals surface area contributed by atoms with Crippen molar-refractivity contribution in [3.63, 3.8) is 0 Å². The summed E-state index contributed by atoms with van der Waals surface area (Å²) in [6, 6.07) is 21.2. The highest BCUT2D eigenvalue weighted by molar-refractivity contribution is 5.96. The van der Waals surface area contributed by atoms with E-state index in [2.05, 4.69) is 54.7 Å². The van der Waals surface area contributed by atoms with E-state index >= 15 is 0 Å². The van der Waals surface area contributed by atoms with Gasteiger partial charge in [-0.15, -0.1) is 0 Å². The standard InChI is InChI=1S/C28H30N2O/c1-2-6-20-7-3-10-24(17-20)25-11-5-12-26(29-25)30-27(31)28(15-16-28)19-21-13-14-22-8-4-9-23(22)18-21/h3,5,7,10-14,17-18H,2,4,6,8-9,15-16,19H2,1H3,(H,29,30,31). The lowest BCUT2D eigenvalue weighted by Crippen LogP contribution is -2.26. The van der Waals surface area contributed by atoms with E-state index in [0.717, 1.165) is 43.4 Å². The highest BCUT2D eigenvalue weighted by Crippen LogP contribution is 2.49. The zero-order valence-corrected chi connectivity index (χ0v) is 18.3. The molecule has 5 rings (SSSR count). The maximum atomic E-state index is 13.2. The maximum Gasteiger partial charge on any atom is 0.232 e. The lowest BCUT2D eigenvalue weighted by molar-refractivity contribution is -0.121. The first kappa shape index (κ1) is 20.0. The molecule has 0 radical (unpaired) electrons. The van der Waals surface area contributed by atoms with Crippen LogP contribution in [0.3, 0.4) is 0 Å². The van der Waals surface area contributed by atoms with Gasteiger partial charge in [0.15, 0.2) is 0 Å². The maximum absolute atomic E-state index is 13.2. The van der Waals surface area contributed by atoms with Crippen molar-refractivity contribution in [3.05, 3.63) is 82.9 Å². The number of pyridine rings is 1. The molecule has 1 N–H and O–H groups in total. The van der Waals surface area contributed by atoms with Crippen LogP contribution in [0, 0.1) is 5.41 Å². The minimum atomic E-state index is -0.272. The average molecular weight is 411 g/mol. The number of hydrogen-bond acceptors (Lipinski definition) is 2. The Morgan fingerprint density at radius 2 is 1.81 bits per heavy atom. The zero-order chi connectivity index (χ0) is 21.3. The summed E-state index contributed by atoms with van der Waals surface area (Å²) in [6.45, 7) is 2.19. The van der Waals surface area contributed by atoms with E-state index in [1.54, 1.807) is 0 Å². The molecule has 0 atom stereocenters. The van der Waals surface area contributed by atoms with Crippen LogP contribution in [0.1, 0.15) is 54.9 Å².